The van der Waals surface area contributed by atoms with Gasteiger partial charge in [-0.05, 0) is 107 Å². The monoisotopic (exact) mass is 588 g/mol. The highest BCUT2D eigenvalue weighted by molar-refractivity contribution is 6.10. The third-order valence-corrected chi connectivity index (χ3v) is 9.95. The van der Waals surface area contributed by atoms with Gasteiger partial charge in [-0.1, -0.05) is 50.7 Å². The lowest BCUT2D eigenvalue weighted by Gasteiger charge is -2.31. The first-order valence-corrected chi connectivity index (χ1v) is 16.1. The average Bonchev–Trinajstić information content (AvgIpc) is 3.01. The van der Waals surface area contributed by atoms with Gasteiger partial charge in [-0.2, -0.15) is 0 Å². The van der Waals surface area contributed by atoms with Gasteiger partial charge in [0.2, 0.25) is 0 Å². The SMILES string of the molecule is CN(CCCc1c(C(=O)[O-])cc2oc(=O)c3cc(C(=O)[O-])ccc3c2c1CCCN(C)C1CCCCC1)C1CCCCC1. The van der Waals surface area contributed by atoms with Crippen molar-refractivity contribution < 1.29 is 24.2 Å². The van der Waals surface area contributed by atoms with E-state index in [-0.39, 0.29) is 22.1 Å². The molecule has 0 saturated heterocycles. The molecule has 0 spiro atoms. The third-order valence-electron chi connectivity index (χ3n) is 9.95. The lowest BCUT2D eigenvalue weighted by atomic mass is 9.88. The number of hydrogen-bond donors (Lipinski definition) is 0. The van der Waals surface area contributed by atoms with E-state index in [0.717, 1.165) is 37.1 Å². The second-order valence-electron chi connectivity index (χ2n) is 12.7. The van der Waals surface area contributed by atoms with Crippen molar-refractivity contribution in [3.05, 3.63) is 56.9 Å². The molecule has 43 heavy (non-hydrogen) atoms. The van der Waals surface area contributed by atoms with E-state index in [1.54, 1.807) is 6.07 Å². The fourth-order valence-electron chi connectivity index (χ4n) is 7.50. The Morgan fingerprint density at radius 1 is 0.767 bits per heavy atom. The van der Waals surface area contributed by atoms with Crippen LogP contribution in [0.4, 0.5) is 0 Å². The zero-order chi connectivity index (χ0) is 30.5. The Hall–Kier alpha value is -3.23. The van der Waals surface area contributed by atoms with Crippen molar-refractivity contribution in [3.8, 4) is 0 Å². The number of carbonyl (C=O) groups is 2. The topological polar surface area (TPSA) is 117 Å². The molecule has 0 unspecified atom stereocenters. The molecule has 2 saturated carbocycles. The zero-order valence-corrected chi connectivity index (χ0v) is 25.6. The molecule has 232 valence electrons. The lowest BCUT2D eigenvalue weighted by Crippen LogP contribution is -2.34. The number of fused-ring (bicyclic) bond motifs is 3. The van der Waals surface area contributed by atoms with Crippen molar-refractivity contribution in [1.82, 2.24) is 9.80 Å². The molecule has 2 aliphatic carbocycles. The van der Waals surface area contributed by atoms with E-state index in [9.17, 15) is 24.6 Å². The summed E-state index contributed by atoms with van der Waals surface area (Å²) in [4.78, 5) is 41.9. The molecule has 0 bridgehead atoms. The maximum Gasteiger partial charge on any atom is 0.344 e. The number of benzene rings is 2. The lowest BCUT2D eigenvalue weighted by molar-refractivity contribution is -0.256. The van der Waals surface area contributed by atoms with E-state index >= 15 is 0 Å². The molecule has 1 aromatic heterocycles. The molecule has 0 N–H and O–H groups in total. The molecule has 0 aliphatic heterocycles. The molecule has 5 rings (SSSR count). The maximum absolute atomic E-state index is 13.0. The fraction of sp³-hybridized carbons (Fsp3) is 0.571. The van der Waals surface area contributed by atoms with E-state index in [1.165, 1.54) is 82.4 Å². The highest BCUT2D eigenvalue weighted by Gasteiger charge is 2.22. The maximum atomic E-state index is 13.0. The Labute approximate surface area is 253 Å². The Kier molecular flexibility index (Phi) is 10.2. The smallest absolute Gasteiger partial charge is 0.344 e. The summed E-state index contributed by atoms with van der Waals surface area (Å²) in [6, 6.07) is 6.91. The van der Waals surface area contributed by atoms with Crippen molar-refractivity contribution in [2.75, 3.05) is 27.2 Å². The highest BCUT2D eigenvalue weighted by atomic mass is 16.4. The molecule has 8 nitrogen and oxygen atoms in total. The molecule has 0 radical (unpaired) electrons. The van der Waals surface area contributed by atoms with E-state index in [4.69, 9.17) is 4.42 Å². The van der Waals surface area contributed by atoms with Crippen LogP contribution in [0, 0.1) is 0 Å². The van der Waals surface area contributed by atoms with Crippen LogP contribution in [0.2, 0.25) is 0 Å². The number of aromatic carboxylic acids is 2. The standard InChI is InChI=1S/C35H46N2O6/c1-36(24-11-5-3-6-12-24)19-9-15-26-27(16-10-20-37(2)25-13-7-4-8-14-25)32-28-18-17-23(33(38)39)21-30(28)35(42)43-31(32)22-29(26)34(40)41/h17-18,21-22,24-25H,3-16,19-20H2,1-2H3,(H,38,39)(H,40,41)/p-2. The van der Waals surface area contributed by atoms with Gasteiger partial charge in [0.05, 0.1) is 17.3 Å². The molecule has 0 atom stereocenters. The Balaban J connectivity index is 1.53. The van der Waals surface area contributed by atoms with Gasteiger partial charge < -0.3 is 34.0 Å². The van der Waals surface area contributed by atoms with Gasteiger partial charge in [-0.15, -0.1) is 0 Å². The highest BCUT2D eigenvalue weighted by Crippen LogP contribution is 2.34. The van der Waals surface area contributed by atoms with Crippen LogP contribution in [0.5, 0.6) is 0 Å². The first-order chi connectivity index (χ1) is 20.7. The summed E-state index contributed by atoms with van der Waals surface area (Å²) in [6.07, 6.45) is 15.2. The zero-order valence-electron chi connectivity index (χ0n) is 25.6. The van der Waals surface area contributed by atoms with Crippen LogP contribution >= 0.6 is 0 Å². The number of hydrogen-bond acceptors (Lipinski definition) is 8. The van der Waals surface area contributed by atoms with Crippen LogP contribution in [-0.2, 0) is 12.8 Å². The quantitative estimate of drug-likeness (QED) is 0.230. The van der Waals surface area contributed by atoms with Crippen LogP contribution in [0.3, 0.4) is 0 Å². The summed E-state index contributed by atoms with van der Waals surface area (Å²) in [7, 11) is 4.33. The van der Waals surface area contributed by atoms with Gasteiger partial charge in [0, 0.05) is 28.4 Å². The molecule has 3 aromatic rings. The first-order valence-electron chi connectivity index (χ1n) is 16.1. The largest absolute Gasteiger partial charge is 0.545 e. The number of aryl methyl sites for hydroxylation is 1. The van der Waals surface area contributed by atoms with Crippen molar-refractivity contribution in [2.24, 2.45) is 0 Å². The van der Waals surface area contributed by atoms with E-state index in [1.807, 2.05) is 0 Å². The normalized spacial score (nSPS) is 16.9. The van der Waals surface area contributed by atoms with Crippen LogP contribution in [0.15, 0.2) is 33.5 Å². The van der Waals surface area contributed by atoms with Gasteiger partial charge in [0.15, 0.2) is 0 Å². The molecule has 1 heterocycles. The third kappa shape index (κ3) is 7.13. The van der Waals surface area contributed by atoms with Crippen molar-refractivity contribution in [1.29, 1.82) is 0 Å². The van der Waals surface area contributed by atoms with Crippen LogP contribution in [0.25, 0.3) is 21.7 Å². The Morgan fingerprint density at radius 2 is 1.33 bits per heavy atom. The summed E-state index contributed by atoms with van der Waals surface area (Å²) >= 11 is 0. The second kappa shape index (κ2) is 14.0. The van der Waals surface area contributed by atoms with Crippen LogP contribution < -0.4 is 15.8 Å². The van der Waals surface area contributed by atoms with Crippen LogP contribution in [0.1, 0.15) is 109 Å². The van der Waals surface area contributed by atoms with Gasteiger partial charge >= 0.3 is 5.63 Å². The molecular formula is C35H44N2O6-2. The minimum absolute atomic E-state index is 0.0670. The second-order valence-corrected chi connectivity index (χ2v) is 12.7. The summed E-state index contributed by atoms with van der Waals surface area (Å²) < 4.78 is 5.66. The predicted octanol–water partition coefficient (Wildman–Crippen LogP) is 4.07. The van der Waals surface area contributed by atoms with Crippen molar-refractivity contribution >= 4 is 33.7 Å². The fourth-order valence-corrected chi connectivity index (χ4v) is 7.50. The molecule has 2 aliphatic rings. The minimum Gasteiger partial charge on any atom is -0.545 e. The van der Waals surface area contributed by atoms with Gasteiger partial charge in [0.1, 0.15) is 5.58 Å². The number of carbonyl (C=O) groups excluding carboxylic acids is 2. The Bertz CT molecular complexity index is 1520. The summed E-state index contributed by atoms with van der Waals surface area (Å²) in [5, 5.41) is 25.5. The summed E-state index contributed by atoms with van der Waals surface area (Å²) in [5.41, 5.74) is 1.02. The average molecular weight is 589 g/mol. The Morgan fingerprint density at radius 3 is 1.86 bits per heavy atom. The summed E-state index contributed by atoms with van der Waals surface area (Å²) in [5.74, 6) is -2.66. The van der Waals surface area contributed by atoms with E-state index in [0.29, 0.717) is 35.7 Å². The van der Waals surface area contributed by atoms with Crippen molar-refractivity contribution in [2.45, 2.75) is 102 Å². The van der Waals surface area contributed by atoms with E-state index in [2.05, 4.69) is 23.9 Å². The van der Waals surface area contributed by atoms with Crippen molar-refractivity contribution in [3.63, 3.8) is 0 Å². The van der Waals surface area contributed by atoms with Gasteiger partial charge in [-0.25, -0.2) is 4.79 Å². The molecule has 2 fully saturated rings. The molecular weight excluding hydrogens is 544 g/mol. The van der Waals surface area contributed by atoms with Gasteiger partial charge in [-0.3, -0.25) is 0 Å². The number of carboxylic acid groups (broad SMARTS) is 2. The number of nitrogens with zero attached hydrogens (tertiary/aromatic N) is 2. The first kappa shape index (κ1) is 31.2. The van der Waals surface area contributed by atoms with Gasteiger partial charge in [0.25, 0.3) is 0 Å². The molecule has 0 amide bonds. The summed E-state index contributed by atoms with van der Waals surface area (Å²) in [6.45, 7) is 1.73. The number of carboxylic acids is 2. The van der Waals surface area contributed by atoms with Crippen LogP contribution in [-0.4, -0.2) is 61.0 Å². The van der Waals surface area contributed by atoms with E-state index < -0.39 is 17.6 Å². The molecule has 2 aromatic carbocycles. The minimum atomic E-state index is -1.37. The molecule has 8 heteroatoms. The number of rotatable bonds is 12. The predicted molar refractivity (Wildman–Crippen MR) is 164 cm³/mol.